The average molecular weight is 311 g/mol. The van der Waals surface area contributed by atoms with Crippen LogP contribution in [-0.2, 0) is 9.53 Å². The van der Waals surface area contributed by atoms with Crippen molar-refractivity contribution in [1.82, 2.24) is 5.32 Å². The van der Waals surface area contributed by atoms with Gasteiger partial charge in [0.15, 0.2) is 0 Å². The number of rotatable bonds is 5. The molecule has 1 aliphatic heterocycles. The van der Waals surface area contributed by atoms with Crippen molar-refractivity contribution >= 4 is 29.1 Å². The number of carbonyl (C=O) groups excluding carboxylic acids is 3. The summed E-state index contributed by atoms with van der Waals surface area (Å²) in [5.41, 5.74) is 10.1. The fourth-order valence-electron chi connectivity index (χ4n) is 2.19. The van der Waals surface area contributed by atoms with Crippen molar-refractivity contribution < 1.29 is 19.1 Å². The minimum atomic E-state index is -0.766. The van der Waals surface area contributed by atoms with Gasteiger partial charge < -0.3 is 21.5 Å². The first-order valence-corrected chi connectivity index (χ1v) is 7.37. The second-order valence-corrected chi connectivity index (χ2v) is 5.91. The van der Waals surface area contributed by atoms with E-state index < -0.39 is 17.2 Å². The van der Waals surface area contributed by atoms with Gasteiger partial charge in [0.05, 0.1) is 15.9 Å². The number of thiophene rings is 1. The maximum absolute atomic E-state index is 12.1. The average Bonchev–Trinajstić information content (AvgIpc) is 2.95. The van der Waals surface area contributed by atoms with E-state index >= 15 is 0 Å². The molecule has 0 saturated carbocycles. The topological polar surface area (TPSA) is 125 Å². The third kappa shape index (κ3) is 3.40. The highest BCUT2D eigenvalue weighted by atomic mass is 32.1. The summed E-state index contributed by atoms with van der Waals surface area (Å²) in [5.74, 6) is -1.36. The molecule has 8 heteroatoms. The zero-order valence-electron chi connectivity index (χ0n) is 11.4. The Kier molecular flexibility index (Phi) is 4.59. The molecule has 1 fully saturated rings. The molecule has 0 bridgehead atoms. The van der Waals surface area contributed by atoms with Crippen molar-refractivity contribution in [3.63, 3.8) is 0 Å². The summed E-state index contributed by atoms with van der Waals surface area (Å²) in [5, 5.41) is 4.23. The van der Waals surface area contributed by atoms with Gasteiger partial charge in [0, 0.05) is 25.1 Å². The van der Waals surface area contributed by atoms with Gasteiger partial charge in [-0.1, -0.05) is 0 Å². The molecule has 0 unspecified atom stereocenters. The maximum Gasteiger partial charge on any atom is 0.261 e. The lowest BCUT2D eigenvalue weighted by Gasteiger charge is -2.34. The first-order valence-electron chi connectivity index (χ1n) is 6.49. The molecule has 1 saturated heterocycles. The Balaban J connectivity index is 2.01. The Labute approximate surface area is 125 Å². The predicted molar refractivity (Wildman–Crippen MR) is 76.9 cm³/mol. The monoisotopic (exact) mass is 311 g/mol. The second kappa shape index (κ2) is 6.23. The van der Waals surface area contributed by atoms with Crippen LogP contribution in [-0.4, -0.2) is 37.5 Å². The lowest BCUT2D eigenvalue weighted by molar-refractivity contribution is -0.132. The molecule has 0 aromatic carbocycles. The van der Waals surface area contributed by atoms with E-state index in [2.05, 4.69) is 5.32 Å². The van der Waals surface area contributed by atoms with Crippen LogP contribution in [0.4, 0.5) is 0 Å². The van der Waals surface area contributed by atoms with Crippen molar-refractivity contribution in [2.45, 2.75) is 12.8 Å². The zero-order chi connectivity index (χ0) is 15.5. The molecule has 1 aromatic heterocycles. The van der Waals surface area contributed by atoms with E-state index in [4.69, 9.17) is 16.2 Å². The molecule has 0 atom stereocenters. The minimum absolute atomic E-state index is 0.161. The van der Waals surface area contributed by atoms with Crippen LogP contribution in [0.3, 0.4) is 0 Å². The van der Waals surface area contributed by atoms with E-state index in [9.17, 15) is 14.4 Å². The second-order valence-electron chi connectivity index (χ2n) is 5.00. The summed E-state index contributed by atoms with van der Waals surface area (Å²) >= 11 is 1.13. The first-order chi connectivity index (χ1) is 9.94. The van der Waals surface area contributed by atoms with Crippen LogP contribution >= 0.6 is 11.3 Å². The molecule has 0 spiro atoms. The van der Waals surface area contributed by atoms with Gasteiger partial charge in [-0.15, -0.1) is 11.3 Å². The van der Waals surface area contributed by atoms with Crippen molar-refractivity contribution in [1.29, 1.82) is 0 Å². The minimum Gasteiger partial charge on any atom is -0.381 e. The predicted octanol–water partition coefficient (Wildman–Crippen LogP) is -0.141. The Morgan fingerprint density at radius 2 is 1.95 bits per heavy atom. The molecule has 0 radical (unpaired) electrons. The molecular weight excluding hydrogens is 294 g/mol. The van der Waals surface area contributed by atoms with E-state index in [1.54, 1.807) is 0 Å². The molecule has 0 aliphatic carbocycles. The molecule has 21 heavy (non-hydrogen) atoms. The molecular formula is C13H17N3O4S. The van der Waals surface area contributed by atoms with Gasteiger partial charge in [0.2, 0.25) is 11.8 Å². The maximum atomic E-state index is 12.1. The van der Waals surface area contributed by atoms with Gasteiger partial charge >= 0.3 is 0 Å². The van der Waals surface area contributed by atoms with Gasteiger partial charge in [-0.05, 0) is 18.9 Å². The number of ether oxygens (including phenoxy) is 1. The van der Waals surface area contributed by atoms with E-state index in [0.29, 0.717) is 36.5 Å². The summed E-state index contributed by atoms with van der Waals surface area (Å²) in [4.78, 5) is 35.1. The summed E-state index contributed by atoms with van der Waals surface area (Å²) in [6.45, 7) is 1.06. The van der Waals surface area contributed by atoms with Gasteiger partial charge in [0.1, 0.15) is 0 Å². The number of hydrogen-bond donors (Lipinski definition) is 3. The zero-order valence-corrected chi connectivity index (χ0v) is 12.2. The van der Waals surface area contributed by atoms with Crippen LogP contribution in [0.25, 0.3) is 0 Å². The van der Waals surface area contributed by atoms with Crippen molar-refractivity contribution in [3.05, 3.63) is 21.9 Å². The third-order valence-electron chi connectivity index (χ3n) is 3.67. The molecule has 7 nitrogen and oxygen atoms in total. The van der Waals surface area contributed by atoms with Gasteiger partial charge in [-0.25, -0.2) is 0 Å². The summed E-state index contributed by atoms with van der Waals surface area (Å²) in [6.07, 6.45) is 0.971. The largest absolute Gasteiger partial charge is 0.381 e. The standard InChI is InChI=1S/C13H17N3O4S/c14-10(17)8-5-9(21-6-8)11(18)16-7-13(12(15)19)1-3-20-4-2-13/h5-6H,1-4,7H2,(H2,14,17)(H2,15,19)(H,16,18). The normalized spacial score (nSPS) is 17.1. The number of primary amides is 2. The Bertz CT molecular complexity index is 564. The van der Waals surface area contributed by atoms with E-state index in [-0.39, 0.29) is 12.5 Å². The van der Waals surface area contributed by atoms with Crippen LogP contribution in [0.15, 0.2) is 11.4 Å². The highest BCUT2D eigenvalue weighted by Crippen LogP contribution is 2.29. The number of carbonyl (C=O) groups is 3. The van der Waals surface area contributed by atoms with Gasteiger partial charge in [-0.2, -0.15) is 0 Å². The fourth-order valence-corrected chi connectivity index (χ4v) is 3.01. The van der Waals surface area contributed by atoms with E-state index in [1.165, 1.54) is 11.4 Å². The van der Waals surface area contributed by atoms with Crippen LogP contribution in [0.5, 0.6) is 0 Å². The van der Waals surface area contributed by atoms with Crippen molar-refractivity contribution in [2.24, 2.45) is 16.9 Å². The Hall–Kier alpha value is -1.93. The SMILES string of the molecule is NC(=O)c1csc(C(=O)NCC2(C(N)=O)CCOCC2)c1. The molecule has 2 heterocycles. The fraction of sp³-hybridized carbons (Fsp3) is 0.462. The molecule has 3 amide bonds. The van der Waals surface area contributed by atoms with E-state index in [0.717, 1.165) is 11.3 Å². The molecule has 2 rings (SSSR count). The smallest absolute Gasteiger partial charge is 0.261 e. The van der Waals surface area contributed by atoms with Crippen LogP contribution < -0.4 is 16.8 Å². The highest BCUT2D eigenvalue weighted by molar-refractivity contribution is 7.12. The quantitative estimate of drug-likeness (QED) is 0.700. The van der Waals surface area contributed by atoms with Gasteiger partial charge in [-0.3, -0.25) is 14.4 Å². The lowest BCUT2D eigenvalue weighted by Crippen LogP contribution is -2.49. The number of nitrogens with two attached hydrogens (primary N) is 2. The molecule has 1 aliphatic rings. The third-order valence-corrected chi connectivity index (χ3v) is 4.60. The van der Waals surface area contributed by atoms with Crippen LogP contribution in [0, 0.1) is 5.41 Å². The Morgan fingerprint density at radius 3 is 2.48 bits per heavy atom. The van der Waals surface area contributed by atoms with Crippen LogP contribution in [0.2, 0.25) is 0 Å². The summed E-state index contributed by atoms with van der Waals surface area (Å²) in [6, 6.07) is 1.43. The lowest BCUT2D eigenvalue weighted by atomic mass is 9.79. The number of nitrogens with one attached hydrogen (secondary N) is 1. The molecule has 1 aromatic rings. The molecule has 5 N–H and O–H groups in total. The van der Waals surface area contributed by atoms with Crippen LogP contribution in [0.1, 0.15) is 32.9 Å². The van der Waals surface area contributed by atoms with Crippen molar-refractivity contribution in [3.8, 4) is 0 Å². The number of amides is 3. The number of hydrogen-bond acceptors (Lipinski definition) is 5. The summed E-state index contributed by atoms with van der Waals surface area (Å²) in [7, 11) is 0. The first kappa shape index (κ1) is 15.5. The molecule has 114 valence electrons. The van der Waals surface area contributed by atoms with Crippen molar-refractivity contribution in [2.75, 3.05) is 19.8 Å². The van der Waals surface area contributed by atoms with Gasteiger partial charge in [0.25, 0.3) is 5.91 Å². The van der Waals surface area contributed by atoms with E-state index in [1.807, 2.05) is 0 Å². The summed E-state index contributed by atoms with van der Waals surface area (Å²) < 4.78 is 5.23. The Morgan fingerprint density at radius 1 is 1.29 bits per heavy atom. The highest BCUT2D eigenvalue weighted by Gasteiger charge is 2.38.